The van der Waals surface area contributed by atoms with E-state index in [1.54, 1.807) is 12.1 Å². The number of benzene rings is 3. The number of nitrogens with zero attached hydrogens (tertiary/aromatic N) is 1. The number of methoxy groups -OCH3 is 1. The van der Waals surface area contributed by atoms with Crippen LogP contribution in [0.25, 0.3) is 6.08 Å². The monoisotopic (exact) mass is 510 g/mol. The summed E-state index contributed by atoms with van der Waals surface area (Å²) < 4.78 is 54.7. The van der Waals surface area contributed by atoms with E-state index in [0.29, 0.717) is 11.1 Å². The zero-order chi connectivity index (χ0) is 26.6. The summed E-state index contributed by atoms with van der Waals surface area (Å²) in [5, 5.41) is 2.37. The summed E-state index contributed by atoms with van der Waals surface area (Å²) in [5.41, 5.74) is 1.52. The van der Waals surface area contributed by atoms with Gasteiger partial charge < -0.3 is 19.5 Å². The van der Waals surface area contributed by atoms with Gasteiger partial charge in [0.1, 0.15) is 0 Å². The van der Waals surface area contributed by atoms with Crippen LogP contribution in [0.3, 0.4) is 0 Å². The van der Waals surface area contributed by atoms with Gasteiger partial charge >= 0.3 is 12.1 Å². The Morgan fingerprint density at radius 2 is 1.81 bits per heavy atom. The molecule has 0 saturated heterocycles. The number of ether oxygens (including phenoxy) is 3. The van der Waals surface area contributed by atoms with Gasteiger partial charge in [-0.15, -0.1) is 0 Å². The molecule has 1 amide bonds. The number of anilines is 1. The van der Waals surface area contributed by atoms with Gasteiger partial charge in [0.05, 0.1) is 12.7 Å². The summed E-state index contributed by atoms with van der Waals surface area (Å²) in [5.74, 6) is -0.549. The molecule has 0 fully saturated rings. The van der Waals surface area contributed by atoms with Crippen LogP contribution in [-0.2, 0) is 20.5 Å². The molecule has 0 saturated carbocycles. The molecule has 0 aliphatic carbocycles. The van der Waals surface area contributed by atoms with Crippen LogP contribution < -0.4 is 14.8 Å². The van der Waals surface area contributed by atoms with E-state index in [-0.39, 0.29) is 28.8 Å². The lowest BCUT2D eigenvalue weighted by Gasteiger charge is -2.12. The Hall–Kier alpha value is -4.60. The number of carbonyl (C=O) groups is 2. The Morgan fingerprint density at radius 1 is 1.05 bits per heavy atom. The predicted octanol–water partition coefficient (Wildman–Crippen LogP) is 5.38. The van der Waals surface area contributed by atoms with Crippen LogP contribution >= 0.6 is 0 Å². The van der Waals surface area contributed by atoms with Crippen LogP contribution in [0, 0.1) is 6.92 Å². The molecule has 0 aromatic heterocycles. The molecule has 0 spiro atoms. The van der Waals surface area contributed by atoms with E-state index in [9.17, 15) is 22.8 Å². The molecule has 0 bridgehead atoms. The molecule has 10 heteroatoms. The zero-order valence-electron chi connectivity index (χ0n) is 19.8. The molecule has 0 atom stereocenters. The van der Waals surface area contributed by atoms with E-state index >= 15 is 0 Å². The van der Waals surface area contributed by atoms with Crippen LogP contribution in [0.5, 0.6) is 11.5 Å². The lowest BCUT2D eigenvalue weighted by atomic mass is 10.1. The molecule has 1 aliphatic rings. The number of hydrogen-bond acceptors (Lipinski definition) is 6. The molecule has 4 rings (SSSR count). The van der Waals surface area contributed by atoms with Crippen molar-refractivity contribution in [1.82, 2.24) is 0 Å². The van der Waals surface area contributed by atoms with Gasteiger partial charge in [-0.3, -0.25) is 4.79 Å². The van der Waals surface area contributed by atoms with Gasteiger partial charge in [-0.1, -0.05) is 29.8 Å². The second kappa shape index (κ2) is 10.6. The van der Waals surface area contributed by atoms with Gasteiger partial charge in [0, 0.05) is 11.3 Å². The van der Waals surface area contributed by atoms with E-state index in [1.807, 2.05) is 31.2 Å². The smallest absolute Gasteiger partial charge is 0.416 e. The van der Waals surface area contributed by atoms with E-state index in [4.69, 9.17) is 14.2 Å². The van der Waals surface area contributed by atoms with Crippen molar-refractivity contribution >= 4 is 29.5 Å². The summed E-state index contributed by atoms with van der Waals surface area (Å²) in [7, 11) is 1.40. The quantitative estimate of drug-likeness (QED) is 0.341. The number of carbonyl (C=O) groups excluding carboxylic acids is 2. The number of alkyl halides is 3. The minimum absolute atomic E-state index is 0.00799. The Labute approximate surface area is 210 Å². The molecule has 0 radical (unpaired) electrons. The minimum Gasteiger partial charge on any atom is -0.493 e. The van der Waals surface area contributed by atoms with E-state index in [2.05, 4.69) is 10.3 Å². The van der Waals surface area contributed by atoms with Crippen LogP contribution in [0.1, 0.15) is 22.3 Å². The van der Waals surface area contributed by atoms with Crippen LogP contribution in [0.4, 0.5) is 18.9 Å². The molecular weight excluding hydrogens is 489 g/mol. The van der Waals surface area contributed by atoms with Crippen molar-refractivity contribution in [3.05, 3.63) is 94.7 Å². The van der Waals surface area contributed by atoms with Gasteiger partial charge in [-0.2, -0.15) is 13.2 Å². The first-order chi connectivity index (χ1) is 17.6. The number of aryl methyl sites for hydroxylation is 1. The third-order valence-corrected chi connectivity index (χ3v) is 5.24. The summed E-state index contributed by atoms with van der Waals surface area (Å²) in [4.78, 5) is 28.8. The van der Waals surface area contributed by atoms with E-state index in [1.165, 1.54) is 31.4 Å². The van der Waals surface area contributed by atoms with Crippen molar-refractivity contribution in [1.29, 1.82) is 0 Å². The van der Waals surface area contributed by atoms with Crippen LogP contribution in [0.15, 0.2) is 77.4 Å². The van der Waals surface area contributed by atoms with Crippen molar-refractivity contribution in [3.63, 3.8) is 0 Å². The fraction of sp³-hybridized carbons (Fsp3) is 0.148. The fourth-order valence-corrected chi connectivity index (χ4v) is 3.39. The zero-order valence-corrected chi connectivity index (χ0v) is 19.8. The first kappa shape index (κ1) is 25.5. The van der Waals surface area contributed by atoms with Gasteiger partial charge in [-0.05, 0) is 61.0 Å². The van der Waals surface area contributed by atoms with Crippen LogP contribution in [0.2, 0.25) is 0 Å². The largest absolute Gasteiger partial charge is 0.493 e. The summed E-state index contributed by atoms with van der Waals surface area (Å²) in [6.45, 7) is 1.48. The van der Waals surface area contributed by atoms with Crippen molar-refractivity contribution in [2.24, 2.45) is 4.99 Å². The topological polar surface area (TPSA) is 86.2 Å². The highest BCUT2D eigenvalue weighted by Crippen LogP contribution is 2.31. The average Bonchev–Trinajstić information content (AvgIpc) is 3.23. The predicted molar refractivity (Wildman–Crippen MR) is 130 cm³/mol. The maximum Gasteiger partial charge on any atom is 0.416 e. The van der Waals surface area contributed by atoms with Crippen LogP contribution in [-0.4, -0.2) is 31.5 Å². The first-order valence-corrected chi connectivity index (χ1v) is 11.0. The summed E-state index contributed by atoms with van der Waals surface area (Å²) >= 11 is 0. The molecule has 3 aromatic rings. The minimum atomic E-state index is -4.52. The molecular formula is C27H21F3N2O5. The highest BCUT2D eigenvalue weighted by molar-refractivity contribution is 6.12. The highest BCUT2D eigenvalue weighted by Gasteiger charge is 2.30. The number of halogens is 3. The van der Waals surface area contributed by atoms with Gasteiger partial charge in [0.2, 0.25) is 5.90 Å². The number of cyclic esters (lactones) is 1. The number of aliphatic imine (C=N–C) groups is 1. The maximum absolute atomic E-state index is 12.9. The Bertz CT molecular complexity index is 1400. The van der Waals surface area contributed by atoms with Gasteiger partial charge in [0.15, 0.2) is 23.8 Å². The van der Waals surface area contributed by atoms with Crippen molar-refractivity contribution in [2.75, 3.05) is 19.0 Å². The molecule has 0 unspecified atom stereocenters. The summed E-state index contributed by atoms with van der Waals surface area (Å²) in [6, 6.07) is 16.4. The number of amides is 1. The lowest BCUT2D eigenvalue weighted by molar-refractivity contribution is -0.137. The SMILES string of the molecule is COc1cc(/C=C2/N=C(c3ccc(C)cc3)OC2=O)ccc1OCC(=O)Nc1cccc(C(F)(F)F)c1. The second-order valence-electron chi connectivity index (χ2n) is 8.03. The molecule has 7 nitrogen and oxygen atoms in total. The molecule has 3 aromatic carbocycles. The third-order valence-electron chi connectivity index (χ3n) is 5.24. The second-order valence-corrected chi connectivity index (χ2v) is 8.03. The number of hydrogen-bond donors (Lipinski definition) is 1. The van der Waals surface area contributed by atoms with Crippen molar-refractivity contribution in [3.8, 4) is 11.5 Å². The Balaban J connectivity index is 1.43. The molecule has 1 aliphatic heterocycles. The Morgan fingerprint density at radius 3 is 2.51 bits per heavy atom. The van der Waals surface area contributed by atoms with Gasteiger partial charge in [0.25, 0.3) is 5.91 Å². The average molecular weight is 510 g/mol. The Kier molecular flexibility index (Phi) is 7.28. The fourth-order valence-electron chi connectivity index (χ4n) is 3.39. The lowest BCUT2D eigenvalue weighted by Crippen LogP contribution is -2.20. The van der Waals surface area contributed by atoms with Gasteiger partial charge in [-0.25, -0.2) is 9.79 Å². The maximum atomic E-state index is 12.9. The summed E-state index contributed by atoms with van der Waals surface area (Å²) in [6.07, 6.45) is -3.00. The number of rotatable bonds is 7. The molecule has 190 valence electrons. The number of nitrogens with one attached hydrogen (secondary N) is 1. The highest BCUT2D eigenvalue weighted by atomic mass is 19.4. The van der Waals surface area contributed by atoms with E-state index < -0.39 is 30.2 Å². The van der Waals surface area contributed by atoms with E-state index in [0.717, 1.165) is 17.7 Å². The normalized spacial score (nSPS) is 14.2. The first-order valence-electron chi connectivity index (χ1n) is 11.0. The molecule has 1 N–H and O–H groups in total. The standard InChI is InChI=1S/C27H21F3N2O5/c1-16-6-9-18(10-7-16)25-32-21(26(34)37-25)12-17-8-11-22(23(13-17)35-2)36-15-24(33)31-20-5-3-4-19(14-20)27(28,29)30/h3-14H,15H2,1-2H3,(H,31,33)/b21-12+. The molecule has 1 heterocycles. The van der Waals surface area contributed by atoms with Crippen molar-refractivity contribution < 1.29 is 37.0 Å². The number of esters is 1. The molecule has 37 heavy (non-hydrogen) atoms. The van der Waals surface area contributed by atoms with Crippen molar-refractivity contribution in [2.45, 2.75) is 13.1 Å². The third kappa shape index (κ3) is 6.35.